The smallest absolute Gasteiger partial charge is 0.188 e. The predicted octanol–water partition coefficient (Wildman–Crippen LogP) is 2.93. The topological polar surface area (TPSA) is 0 Å². The molecule has 0 bridgehead atoms. The lowest BCUT2D eigenvalue weighted by atomic mass is 10.2. The Balaban J connectivity index is 2.97. The van der Waals surface area contributed by atoms with E-state index < -0.39 is 5.25 Å². The van der Waals surface area contributed by atoms with Crippen LogP contribution in [0.5, 0.6) is 0 Å². The number of rotatable bonds is 1. The highest BCUT2D eigenvalue weighted by atomic mass is 32.1. The second-order valence-corrected chi connectivity index (χ2v) is 2.40. The SMILES string of the molecule is FC(F)([S])c1ccccc1. The first-order valence-electron chi connectivity index (χ1n) is 2.74. The molecule has 10 heavy (non-hydrogen) atoms. The Hall–Kier alpha value is -0.570. The van der Waals surface area contributed by atoms with Gasteiger partial charge in [0.25, 0.3) is 0 Å². The van der Waals surface area contributed by atoms with Gasteiger partial charge in [0.1, 0.15) is 0 Å². The molecule has 1 aromatic carbocycles. The molecule has 0 fully saturated rings. The molecule has 3 heteroatoms. The van der Waals surface area contributed by atoms with E-state index in [1.54, 1.807) is 6.07 Å². The maximum absolute atomic E-state index is 12.3. The largest absolute Gasteiger partial charge is 0.328 e. The van der Waals surface area contributed by atoms with Gasteiger partial charge in [0.2, 0.25) is 0 Å². The van der Waals surface area contributed by atoms with Crippen LogP contribution in [0.3, 0.4) is 0 Å². The van der Waals surface area contributed by atoms with E-state index in [1.807, 2.05) is 0 Å². The molecule has 0 atom stereocenters. The maximum atomic E-state index is 12.3. The average Bonchev–Trinajstić information content (AvgIpc) is 1.88. The normalized spacial score (nSPS) is 11.5. The highest BCUT2D eigenvalue weighted by molar-refractivity contribution is 7.81. The van der Waals surface area contributed by atoms with Gasteiger partial charge < -0.3 is 0 Å². The summed E-state index contributed by atoms with van der Waals surface area (Å²) in [5.74, 6) is 0. The van der Waals surface area contributed by atoms with E-state index in [-0.39, 0.29) is 5.56 Å². The summed E-state index contributed by atoms with van der Waals surface area (Å²) < 4.78 is 24.5. The van der Waals surface area contributed by atoms with Crippen LogP contribution in [-0.4, -0.2) is 0 Å². The highest BCUT2D eigenvalue weighted by Gasteiger charge is 2.25. The Bertz CT molecular complexity index is 203. The van der Waals surface area contributed by atoms with Crippen LogP contribution in [0.1, 0.15) is 5.56 Å². The number of halogens is 2. The van der Waals surface area contributed by atoms with Crippen molar-refractivity contribution in [3.05, 3.63) is 35.9 Å². The molecule has 1 aromatic rings. The summed E-state index contributed by atoms with van der Waals surface area (Å²) in [7, 11) is 0. The van der Waals surface area contributed by atoms with Crippen LogP contribution in [0.15, 0.2) is 30.3 Å². The summed E-state index contributed by atoms with van der Waals surface area (Å²) in [5.41, 5.74) is -0.120. The van der Waals surface area contributed by atoms with Gasteiger partial charge in [-0.25, -0.2) is 0 Å². The van der Waals surface area contributed by atoms with Crippen molar-refractivity contribution in [1.29, 1.82) is 0 Å². The van der Waals surface area contributed by atoms with Crippen LogP contribution < -0.4 is 0 Å². The third-order valence-corrected chi connectivity index (χ3v) is 1.35. The molecule has 1 radical (unpaired) electrons. The van der Waals surface area contributed by atoms with Crippen LogP contribution in [0.25, 0.3) is 0 Å². The van der Waals surface area contributed by atoms with Gasteiger partial charge in [0.05, 0.1) is 0 Å². The van der Waals surface area contributed by atoms with Crippen molar-refractivity contribution in [2.24, 2.45) is 0 Å². The van der Waals surface area contributed by atoms with Gasteiger partial charge in [-0.15, -0.1) is 0 Å². The molecule has 1 rings (SSSR count). The quantitative estimate of drug-likeness (QED) is 0.591. The van der Waals surface area contributed by atoms with Crippen molar-refractivity contribution in [2.75, 3.05) is 0 Å². The third-order valence-electron chi connectivity index (χ3n) is 1.11. The van der Waals surface area contributed by atoms with E-state index in [2.05, 4.69) is 12.6 Å². The van der Waals surface area contributed by atoms with Crippen LogP contribution in [0, 0.1) is 0 Å². The fourth-order valence-electron chi connectivity index (χ4n) is 0.632. The van der Waals surface area contributed by atoms with Gasteiger partial charge in [-0.05, 0) is 12.6 Å². The van der Waals surface area contributed by atoms with Gasteiger partial charge in [0, 0.05) is 5.56 Å². The third kappa shape index (κ3) is 1.70. The van der Waals surface area contributed by atoms with Gasteiger partial charge >= 0.3 is 5.25 Å². The summed E-state index contributed by atoms with van der Waals surface area (Å²) in [6.07, 6.45) is 0. The zero-order valence-corrected chi connectivity index (χ0v) is 5.87. The molecule has 0 heterocycles. The van der Waals surface area contributed by atoms with Gasteiger partial charge in [-0.2, -0.15) is 8.78 Å². The first kappa shape index (κ1) is 7.54. The lowest BCUT2D eigenvalue weighted by Gasteiger charge is -2.06. The van der Waals surface area contributed by atoms with Crippen LogP contribution >= 0.6 is 12.6 Å². The second-order valence-electron chi connectivity index (χ2n) is 1.88. The predicted molar refractivity (Wildman–Crippen MR) is 37.9 cm³/mol. The molecule has 0 saturated heterocycles. The molecule has 0 saturated carbocycles. The summed E-state index contributed by atoms with van der Waals surface area (Å²) in [6.45, 7) is 0. The minimum Gasteiger partial charge on any atom is -0.188 e. The molecule has 0 unspecified atom stereocenters. The van der Waals surface area contributed by atoms with Gasteiger partial charge in [-0.3, -0.25) is 0 Å². The molecular weight excluding hydrogens is 154 g/mol. The van der Waals surface area contributed by atoms with E-state index in [0.717, 1.165) is 0 Å². The molecule has 0 aliphatic carbocycles. The van der Waals surface area contributed by atoms with Crippen molar-refractivity contribution < 1.29 is 8.78 Å². The molecule has 53 valence electrons. The number of alkyl halides is 2. The lowest BCUT2D eigenvalue weighted by molar-refractivity contribution is 0.108. The lowest BCUT2D eigenvalue weighted by Crippen LogP contribution is -2.01. The Morgan fingerprint density at radius 3 is 1.90 bits per heavy atom. The Kier molecular flexibility index (Phi) is 1.94. The summed E-state index contributed by atoms with van der Waals surface area (Å²) in [4.78, 5) is 0. The standard InChI is InChI=1S/C7H5F2S/c8-7(9,10)6-4-2-1-3-5-6/h1-5H. The van der Waals surface area contributed by atoms with Crippen LogP contribution in [0.4, 0.5) is 8.78 Å². The second kappa shape index (κ2) is 2.58. The highest BCUT2D eigenvalue weighted by Crippen LogP contribution is 2.30. The van der Waals surface area contributed by atoms with Crippen molar-refractivity contribution in [3.63, 3.8) is 0 Å². The summed E-state index contributed by atoms with van der Waals surface area (Å²) in [5, 5.41) is -3.12. The van der Waals surface area contributed by atoms with Crippen molar-refractivity contribution in [3.8, 4) is 0 Å². The van der Waals surface area contributed by atoms with Crippen LogP contribution in [0.2, 0.25) is 0 Å². The minimum atomic E-state index is -3.12. The molecule has 0 aliphatic rings. The van der Waals surface area contributed by atoms with E-state index in [4.69, 9.17) is 0 Å². The molecule has 0 aromatic heterocycles. The van der Waals surface area contributed by atoms with Crippen LogP contribution in [-0.2, 0) is 5.25 Å². The fraction of sp³-hybridized carbons (Fsp3) is 0.143. The summed E-state index contributed by atoms with van der Waals surface area (Å²) in [6, 6.07) is 7.37. The molecule has 0 nitrogen and oxygen atoms in total. The number of hydrogen-bond acceptors (Lipinski definition) is 0. The zero-order chi connectivity index (χ0) is 7.61. The van der Waals surface area contributed by atoms with Crippen molar-refractivity contribution in [1.82, 2.24) is 0 Å². The number of hydrogen-bond donors (Lipinski definition) is 0. The Morgan fingerprint density at radius 2 is 1.60 bits per heavy atom. The molecule has 0 aliphatic heterocycles. The van der Waals surface area contributed by atoms with Gasteiger partial charge in [-0.1, -0.05) is 30.3 Å². The van der Waals surface area contributed by atoms with E-state index in [1.165, 1.54) is 24.3 Å². The summed E-state index contributed by atoms with van der Waals surface area (Å²) >= 11 is 3.92. The van der Waals surface area contributed by atoms with Gasteiger partial charge in [0.15, 0.2) is 0 Å². The molecular formula is C7H5F2S. The van der Waals surface area contributed by atoms with Crippen molar-refractivity contribution in [2.45, 2.75) is 5.25 Å². The average molecular weight is 159 g/mol. The fourth-order valence-corrected chi connectivity index (χ4v) is 0.768. The van der Waals surface area contributed by atoms with Crippen molar-refractivity contribution >= 4 is 12.6 Å². The molecule has 0 N–H and O–H groups in total. The molecule has 0 spiro atoms. The number of benzene rings is 1. The maximum Gasteiger partial charge on any atom is 0.328 e. The van der Waals surface area contributed by atoms with E-state index >= 15 is 0 Å². The monoisotopic (exact) mass is 159 g/mol. The first-order valence-corrected chi connectivity index (χ1v) is 3.15. The Labute approximate surface area is 63.3 Å². The van der Waals surface area contributed by atoms with E-state index in [9.17, 15) is 8.78 Å². The Morgan fingerprint density at radius 1 is 1.10 bits per heavy atom. The zero-order valence-electron chi connectivity index (χ0n) is 5.05. The molecule has 0 amide bonds. The minimum absolute atomic E-state index is 0.120. The first-order chi connectivity index (χ1) is 4.61. The van der Waals surface area contributed by atoms with E-state index in [0.29, 0.717) is 0 Å².